The van der Waals surface area contributed by atoms with Crippen molar-refractivity contribution in [3.8, 4) is 0 Å². The summed E-state index contributed by atoms with van der Waals surface area (Å²) in [5.41, 5.74) is 2.63. The molecule has 0 aliphatic heterocycles. The van der Waals surface area contributed by atoms with Gasteiger partial charge in [-0.1, -0.05) is 37.3 Å². The van der Waals surface area contributed by atoms with Gasteiger partial charge in [0.1, 0.15) is 16.5 Å². The van der Waals surface area contributed by atoms with Gasteiger partial charge in [-0.2, -0.15) is 0 Å². The zero-order valence-corrected chi connectivity index (χ0v) is 15.3. The van der Waals surface area contributed by atoms with Crippen molar-refractivity contribution in [1.82, 2.24) is 9.97 Å². The van der Waals surface area contributed by atoms with E-state index < -0.39 is 0 Å². The first-order valence-electron chi connectivity index (χ1n) is 9.01. The van der Waals surface area contributed by atoms with Crippen molar-refractivity contribution in [3.05, 3.63) is 52.2 Å². The first-order chi connectivity index (χ1) is 12.3. The Labute approximate surface area is 152 Å². The molecule has 5 heteroatoms. The Balaban J connectivity index is 1.78. The number of fused-ring (bicyclic) bond motifs is 3. The highest BCUT2D eigenvalue weighted by molar-refractivity contribution is 7.19. The van der Waals surface area contributed by atoms with Crippen LogP contribution in [0.25, 0.3) is 10.2 Å². The lowest BCUT2D eigenvalue weighted by atomic mass is 10.1. The predicted molar refractivity (Wildman–Crippen MR) is 103 cm³/mol. The van der Waals surface area contributed by atoms with Gasteiger partial charge >= 0.3 is 0 Å². The maximum absolute atomic E-state index is 9.60. The summed E-state index contributed by atoms with van der Waals surface area (Å²) < 4.78 is 0. The molecule has 3 aromatic rings. The molecule has 0 bridgehead atoms. The van der Waals surface area contributed by atoms with Gasteiger partial charge in [0.25, 0.3) is 0 Å². The van der Waals surface area contributed by atoms with Crippen LogP contribution in [0.1, 0.15) is 41.6 Å². The van der Waals surface area contributed by atoms with E-state index in [2.05, 4.69) is 24.4 Å². The number of aromatic nitrogens is 2. The van der Waals surface area contributed by atoms with Crippen LogP contribution in [0.3, 0.4) is 0 Å². The van der Waals surface area contributed by atoms with Crippen molar-refractivity contribution in [2.24, 2.45) is 0 Å². The van der Waals surface area contributed by atoms with E-state index in [9.17, 15) is 5.11 Å². The fourth-order valence-corrected chi connectivity index (χ4v) is 4.75. The number of aliphatic hydroxyl groups excluding tert-OH is 1. The molecule has 0 spiro atoms. The number of benzene rings is 1. The van der Waals surface area contributed by atoms with Gasteiger partial charge in [0.15, 0.2) is 0 Å². The number of nitrogens with zero attached hydrogens (tertiary/aromatic N) is 2. The average Bonchev–Trinajstić information content (AvgIpc) is 3.21. The number of aryl methyl sites for hydroxylation is 2. The molecule has 4 rings (SSSR count). The van der Waals surface area contributed by atoms with Crippen molar-refractivity contribution in [2.75, 3.05) is 11.9 Å². The number of nitrogens with one attached hydrogen (secondary N) is 1. The van der Waals surface area contributed by atoms with Crippen molar-refractivity contribution in [2.45, 2.75) is 45.1 Å². The third-order valence-electron chi connectivity index (χ3n) is 4.87. The van der Waals surface area contributed by atoms with E-state index in [4.69, 9.17) is 9.97 Å². The van der Waals surface area contributed by atoms with Crippen molar-refractivity contribution in [3.63, 3.8) is 0 Å². The van der Waals surface area contributed by atoms with Gasteiger partial charge < -0.3 is 10.4 Å². The molecule has 0 saturated carbocycles. The highest BCUT2D eigenvalue weighted by atomic mass is 32.1. The number of anilines is 1. The molecule has 1 aliphatic carbocycles. The summed E-state index contributed by atoms with van der Waals surface area (Å²) in [5, 5.41) is 14.3. The van der Waals surface area contributed by atoms with Crippen molar-refractivity contribution < 1.29 is 5.11 Å². The van der Waals surface area contributed by atoms with Gasteiger partial charge in [-0.15, -0.1) is 11.3 Å². The second-order valence-corrected chi connectivity index (χ2v) is 7.70. The van der Waals surface area contributed by atoms with Crippen LogP contribution in [0.4, 0.5) is 5.82 Å². The normalized spacial score (nSPS) is 14.6. The molecule has 25 heavy (non-hydrogen) atoms. The minimum atomic E-state index is 0.0274. The molecule has 0 amide bonds. The molecule has 2 aromatic heterocycles. The maximum Gasteiger partial charge on any atom is 0.139 e. The van der Waals surface area contributed by atoms with Crippen molar-refractivity contribution in [1.29, 1.82) is 0 Å². The minimum absolute atomic E-state index is 0.0274. The Bertz CT molecular complexity index is 872. The lowest BCUT2D eigenvalue weighted by molar-refractivity contribution is 0.271. The number of thiophene rings is 1. The Morgan fingerprint density at radius 1 is 1.20 bits per heavy atom. The van der Waals surface area contributed by atoms with Gasteiger partial charge in [-0.3, -0.25) is 0 Å². The first-order valence-corrected chi connectivity index (χ1v) is 9.82. The summed E-state index contributed by atoms with van der Waals surface area (Å²) in [6.07, 6.45) is 5.08. The average molecular weight is 353 g/mol. The summed E-state index contributed by atoms with van der Waals surface area (Å²) in [4.78, 5) is 12.3. The van der Waals surface area contributed by atoms with Crippen LogP contribution in [-0.2, 0) is 19.3 Å². The third kappa shape index (κ3) is 3.26. The lowest BCUT2D eigenvalue weighted by Crippen LogP contribution is -2.23. The van der Waals surface area contributed by atoms with Gasteiger partial charge in [0.2, 0.25) is 0 Å². The zero-order valence-electron chi connectivity index (χ0n) is 14.5. The molecule has 2 heterocycles. The largest absolute Gasteiger partial charge is 0.394 e. The molecule has 2 N–H and O–H groups in total. The van der Waals surface area contributed by atoms with E-state index in [1.165, 1.54) is 27.8 Å². The molecule has 1 aliphatic rings. The first kappa shape index (κ1) is 16.5. The predicted octanol–water partition coefficient (Wildman–Crippen LogP) is 3.95. The monoisotopic (exact) mass is 353 g/mol. The van der Waals surface area contributed by atoms with E-state index >= 15 is 0 Å². The number of hydrogen-bond acceptors (Lipinski definition) is 5. The van der Waals surface area contributed by atoms with E-state index in [1.807, 2.05) is 29.5 Å². The molecule has 1 atom stereocenters. The lowest BCUT2D eigenvalue weighted by Gasteiger charge is -2.16. The number of rotatable bonds is 6. The Hall–Kier alpha value is -1.98. The second-order valence-electron chi connectivity index (χ2n) is 6.62. The smallest absolute Gasteiger partial charge is 0.139 e. The summed E-state index contributed by atoms with van der Waals surface area (Å²) in [6.45, 7) is 2.19. The van der Waals surface area contributed by atoms with Crippen molar-refractivity contribution >= 4 is 27.4 Å². The van der Waals surface area contributed by atoms with Crippen LogP contribution < -0.4 is 5.32 Å². The molecule has 4 nitrogen and oxygen atoms in total. The summed E-state index contributed by atoms with van der Waals surface area (Å²) >= 11 is 1.81. The highest BCUT2D eigenvalue weighted by Gasteiger charge is 2.23. The third-order valence-corrected chi connectivity index (χ3v) is 6.06. The Kier molecular flexibility index (Phi) is 4.68. The second kappa shape index (κ2) is 7.10. The molecular weight excluding hydrogens is 330 g/mol. The van der Waals surface area contributed by atoms with Crippen LogP contribution in [0.2, 0.25) is 0 Å². The Morgan fingerprint density at radius 2 is 2.04 bits per heavy atom. The van der Waals surface area contributed by atoms with Gasteiger partial charge in [0, 0.05) is 11.3 Å². The maximum atomic E-state index is 9.60. The molecule has 130 valence electrons. The van der Waals surface area contributed by atoms with E-state index in [1.54, 1.807) is 0 Å². The standard InChI is InChI=1S/C20H23N3OS/c1-2-14(12-24)21-19-18-15-9-6-10-16(15)25-20(18)23-17(22-19)11-13-7-4-3-5-8-13/h3-5,7-8,14,24H,2,6,9-12H2,1H3,(H,21,22,23). The van der Waals surface area contributed by atoms with Crippen LogP contribution in [-0.4, -0.2) is 27.7 Å². The number of hydrogen-bond donors (Lipinski definition) is 2. The summed E-state index contributed by atoms with van der Waals surface area (Å²) in [6, 6.07) is 10.4. The van der Waals surface area contributed by atoms with Crippen LogP contribution in [0.15, 0.2) is 30.3 Å². The van der Waals surface area contributed by atoms with E-state index in [-0.39, 0.29) is 12.6 Å². The van der Waals surface area contributed by atoms with Gasteiger partial charge in [-0.05, 0) is 36.8 Å². The summed E-state index contributed by atoms with van der Waals surface area (Å²) in [5.74, 6) is 1.74. The van der Waals surface area contributed by atoms with Crippen LogP contribution in [0, 0.1) is 0 Å². The minimum Gasteiger partial charge on any atom is -0.394 e. The summed E-state index contributed by atoms with van der Waals surface area (Å²) in [7, 11) is 0. The molecular formula is C20H23N3OS. The molecule has 1 unspecified atom stereocenters. The fraction of sp³-hybridized carbons (Fsp3) is 0.400. The number of aliphatic hydroxyl groups is 1. The SMILES string of the molecule is CCC(CO)Nc1nc(Cc2ccccc2)nc2sc3c(c12)CCC3. The fourth-order valence-electron chi connectivity index (χ4n) is 3.47. The van der Waals surface area contributed by atoms with Crippen LogP contribution in [0.5, 0.6) is 0 Å². The molecule has 1 aromatic carbocycles. The topological polar surface area (TPSA) is 58.0 Å². The van der Waals surface area contributed by atoms with Gasteiger partial charge in [-0.25, -0.2) is 9.97 Å². The highest BCUT2D eigenvalue weighted by Crippen LogP contribution is 2.39. The molecule has 0 radical (unpaired) electrons. The Morgan fingerprint density at radius 3 is 2.80 bits per heavy atom. The van der Waals surface area contributed by atoms with E-state index in [0.717, 1.165) is 42.2 Å². The molecule has 0 fully saturated rings. The quantitative estimate of drug-likeness (QED) is 0.704. The zero-order chi connectivity index (χ0) is 17.2. The van der Waals surface area contributed by atoms with Gasteiger partial charge in [0.05, 0.1) is 18.0 Å². The van der Waals surface area contributed by atoms with Crippen LogP contribution >= 0.6 is 11.3 Å². The molecule has 0 saturated heterocycles. The van der Waals surface area contributed by atoms with E-state index in [0.29, 0.717) is 0 Å².